The quantitative estimate of drug-likeness (QED) is 0.874. The molecule has 0 atom stereocenters. The summed E-state index contributed by atoms with van der Waals surface area (Å²) in [6.45, 7) is 4.58. The number of ether oxygens (including phenoxy) is 2. The van der Waals surface area contributed by atoms with Crippen LogP contribution in [0.4, 0.5) is 0 Å². The van der Waals surface area contributed by atoms with Crippen LogP contribution in [0, 0.1) is 0 Å². The largest absolute Gasteiger partial charge is 0.481 e. The third-order valence-electron chi connectivity index (χ3n) is 3.00. The van der Waals surface area contributed by atoms with Crippen molar-refractivity contribution in [1.29, 1.82) is 0 Å². The van der Waals surface area contributed by atoms with Gasteiger partial charge in [0.2, 0.25) is 0 Å². The molecule has 0 saturated carbocycles. The number of aliphatic carboxylic acids is 1. The maximum absolute atomic E-state index is 10.9. The number of carboxylic acids is 1. The summed E-state index contributed by atoms with van der Waals surface area (Å²) in [5.74, 6) is -0.00235. The Bertz CT molecular complexity index is 437. The van der Waals surface area contributed by atoms with Crippen LogP contribution >= 0.6 is 0 Å². The van der Waals surface area contributed by atoms with Crippen LogP contribution < -0.4 is 4.74 Å². The van der Waals surface area contributed by atoms with Crippen molar-refractivity contribution in [3.05, 3.63) is 29.3 Å². The molecule has 2 rings (SSSR count). The van der Waals surface area contributed by atoms with Gasteiger partial charge in [-0.1, -0.05) is 26.0 Å². The van der Waals surface area contributed by atoms with Crippen molar-refractivity contribution < 1.29 is 19.4 Å². The molecular formula is C13H16O4. The lowest BCUT2D eigenvalue weighted by Crippen LogP contribution is -2.25. The van der Waals surface area contributed by atoms with Crippen molar-refractivity contribution in [2.75, 3.05) is 6.79 Å². The van der Waals surface area contributed by atoms with Crippen molar-refractivity contribution >= 4 is 5.97 Å². The molecule has 1 N–H and O–H groups in total. The second-order valence-electron chi connectivity index (χ2n) is 4.85. The fraction of sp³-hybridized carbons (Fsp3) is 0.462. The molecule has 1 aliphatic rings. The number of hydrogen-bond acceptors (Lipinski definition) is 3. The molecule has 0 radical (unpaired) electrons. The van der Waals surface area contributed by atoms with Crippen LogP contribution in [0.5, 0.6) is 5.75 Å². The number of carboxylic acid groups (broad SMARTS) is 1. The first-order valence-corrected chi connectivity index (χ1v) is 5.55. The Labute approximate surface area is 100 Å². The van der Waals surface area contributed by atoms with Gasteiger partial charge in [-0.25, -0.2) is 0 Å². The molecule has 0 aromatic heterocycles. The molecule has 0 bridgehead atoms. The van der Waals surface area contributed by atoms with E-state index in [1.807, 2.05) is 32.0 Å². The zero-order chi connectivity index (χ0) is 12.5. The van der Waals surface area contributed by atoms with E-state index in [0.29, 0.717) is 6.61 Å². The Hall–Kier alpha value is -1.55. The fourth-order valence-electron chi connectivity index (χ4n) is 2.21. The number of benzene rings is 1. The summed E-state index contributed by atoms with van der Waals surface area (Å²) in [6, 6.07) is 5.72. The molecule has 0 fully saturated rings. The molecule has 92 valence electrons. The Morgan fingerprint density at radius 2 is 2.24 bits per heavy atom. The van der Waals surface area contributed by atoms with Crippen LogP contribution in [-0.2, 0) is 21.6 Å². The van der Waals surface area contributed by atoms with E-state index >= 15 is 0 Å². The second kappa shape index (κ2) is 4.37. The standard InChI is InChI=1S/C13H16O4/c1-13(2,6-12(14)15)10-4-3-5-11-9(10)7-16-8-17-11/h3-5H,6-8H2,1-2H3,(H,14,15). The van der Waals surface area contributed by atoms with E-state index in [2.05, 4.69) is 0 Å². The van der Waals surface area contributed by atoms with Gasteiger partial charge in [0.05, 0.1) is 13.0 Å². The Kier molecular flexibility index (Phi) is 3.07. The smallest absolute Gasteiger partial charge is 0.304 e. The summed E-state index contributed by atoms with van der Waals surface area (Å²) in [7, 11) is 0. The van der Waals surface area contributed by atoms with E-state index < -0.39 is 11.4 Å². The normalized spacial score (nSPS) is 14.9. The average molecular weight is 236 g/mol. The number of rotatable bonds is 3. The Morgan fingerprint density at radius 1 is 1.47 bits per heavy atom. The van der Waals surface area contributed by atoms with Gasteiger partial charge in [0.25, 0.3) is 0 Å². The number of hydrogen-bond donors (Lipinski definition) is 1. The van der Waals surface area contributed by atoms with Gasteiger partial charge >= 0.3 is 5.97 Å². The molecule has 0 spiro atoms. The first-order chi connectivity index (χ1) is 8.00. The molecule has 0 amide bonds. The minimum atomic E-state index is -0.801. The zero-order valence-electron chi connectivity index (χ0n) is 10.0. The monoisotopic (exact) mass is 236 g/mol. The second-order valence-corrected chi connectivity index (χ2v) is 4.85. The summed E-state index contributed by atoms with van der Waals surface area (Å²) in [6.07, 6.45) is 0.0868. The Balaban J connectivity index is 2.41. The van der Waals surface area contributed by atoms with Crippen molar-refractivity contribution in [2.24, 2.45) is 0 Å². The molecule has 0 saturated heterocycles. The minimum Gasteiger partial charge on any atom is -0.481 e. The van der Waals surface area contributed by atoms with E-state index in [4.69, 9.17) is 14.6 Å². The molecule has 0 unspecified atom stereocenters. The molecule has 17 heavy (non-hydrogen) atoms. The minimum absolute atomic E-state index is 0.0868. The first kappa shape index (κ1) is 11.9. The molecule has 4 heteroatoms. The molecule has 1 heterocycles. The van der Waals surface area contributed by atoms with E-state index in [9.17, 15) is 4.79 Å². The van der Waals surface area contributed by atoms with E-state index in [1.165, 1.54) is 0 Å². The molecule has 0 aliphatic carbocycles. The average Bonchev–Trinajstić information content (AvgIpc) is 2.26. The topological polar surface area (TPSA) is 55.8 Å². The molecule has 1 aromatic carbocycles. The van der Waals surface area contributed by atoms with Gasteiger partial charge < -0.3 is 14.6 Å². The van der Waals surface area contributed by atoms with Gasteiger partial charge in [-0.2, -0.15) is 0 Å². The highest BCUT2D eigenvalue weighted by molar-refractivity contribution is 5.69. The van der Waals surface area contributed by atoms with Crippen LogP contribution in [0.2, 0.25) is 0 Å². The number of carbonyl (C=O) groups is 1. The van der Waals surface area contributed by atoms with Crippen molar-refractivity contribution in [2.45, 2.75) is 32.3 Å². The van der Waals surface area contributed by atoms with Crippen LogP contribution in [-0.4, -0.2) is 17.9 Å². The maximum Gasteiger partial charge on any atom is 0.304 e. The molecule has 1 aromatic rings. The van der Waals surface area contributed by atoms with Crippen LogP contribution in [0.3, 0.4) is 0 Å². The highest BCUT2D eigenvalue weighted by Gasteiger charge is 2.29. The van der Waals surface area contributed by atoms with E-state index in [-0.39, 0.29) is 13.2 Å². The summed E-state index contributed by atoms with van der Waals surface area (Å²) in [4.78, 5) is 10.9. The van der Waals surface area contributed by atoms with Gasteiger partial charge in [0, 0.05) is 11.0 Å². The summed E-state index contributed by atoms with van der Waals surface area (Å²) in [5, 5.41) is 8.95. The summed E-state index contributed by atoms with van der Waals surface area (Å²) >= 11 is 0. The third kappa shape index (κ3) is 2.42. The molecule has 4 nitrogen and oxygen atoms in total. The fourth-order valence-corrected chi connectivity index (χ4v) is 2.21. The van der Waals surface area contributed by atoms with E-state index in [1.54, 1.807) is 0 Å². The lowest BCUT2D eigenvalue weighted by atomic mass is 9.79. The van der Waals surface area contributed by atoms with Crippen molar-refractivity contribution in [3.63, 3.8) is 0 Å². The maximum atomic E-state index is 10.9. The lowest BCUT2D eigenvalue weighted by molar-refractivity contribution is -0.138. The zero-order valence-corrected chi connectivity index (χ0v) is 10.0. The van der Waals surface area contributed by atoms with Crippen LogP contribution in [0.25, 0.3) is 0 Å². The highest BCUT2D eigenvalue weighted by atomic mass is 16.7. The van der Waals surface area contributed by atoms with Gasteiger partial charge in [0.1, 0.15) is 5.75 Å². The molecular weight excluding hydrogens is 220 g/mol. The lowest BCUT2D eigenvalue weighted by Gasteiger charge is -2.29. The van der Waals surface area contributed by atoms with Gasteiger partial charge in [-0.05, 0) is 11.6 Å². The predicted molar refractivity (Wildman–Crippen MR) is 62.0 cm³/mol. The number of fused-ring (bicyclic) bond motifs is 1. The van der Waals surface area contributed by atoms with Crippen molar-refractivity contribution in [3.8, 4) is 5.75 Å². The van der Waals surface area contributed by atoms with Crippen LogP contribution in [0.15, 0.2) is 18.2 Å². The van der Waals surface area contributed by atoms with Gasteiger partial charge in [0.15, 0.2) is 6.79 Å². The van der Waals surface area contributed by atoms with Crippen LogP contribution in [0.1, 0.15) is 31.4 Å². The highest BCUT2D eigenvalue weighted by Crippen LogP contribution is 2.36. The Morgan fingerprint density at radius 3 is 2.94 bits per heavy atom. The van der Waals surface area contributed by atoms with Crippen molar-refractivity contribution in [1.82, 2.24) is 0 Å². The SMILES string of the molecule is CC(C)(CC(=O)O)c1cccc2c1COCO2. The first-order valence-electron chi connectivity index (χ1n) is 5.55. The third-order valence-corrected chi connectivity index (χ3v) is 3.00. The summed E-state index contributed by atoms with van der Waals surface area (Å²) < 4.78 is 10.7. The van der Waals surface area contributed by atoms with E-state index in [0.717, 1.165) is 16.9 Å². The molecule has 1 aliphatic heterocycles. The van der Waals surface area contributed by atoms with Gasteiger partial charge in [-0.3, -0.25) is 4.79 Å². The summed E-state index contributed by atoms with van der Waals surface area (Å²) in [5.41, 5.74) is 1.52. The predicted octanol–water partition coefficient (Wildman–Crippen LogP) is 2.31. The van der Waals surface area contributed by atoms with Gasteiger partial charge in [-0.15, -0.1) is 0 Å².